The maximum atomic E-state index is 13.8. The molecule has 0 aliphatic carbocycles. The van der Waals surface area contributed by atoms with Crippen molar-refractivity contribution < 1.29 is 36.6 Å². The van der Waals surface area contributed by atoms with Gasteiger partial charge in [0.25, 0.3) is 0 Å². The Kier molecular flexibility index (Phi) is 7.43. The Balaban J connectivity index is 2.89. The second-order valence-corrected chi connectivity index (χ2v) is 5.38. The van der Waals surface area contributed by atoms with Crippen molar-refractivity contribution in [3.63, 3.8) is 0 Å². The quantitative estimate of drug-likeness (QED) is 0.531. The zero-order valence-electron chi connectivity index (χ0n) is 13.0. The topological polar surface area (TPSA) is 90.7 Å². The van der Waals surface area contributed by atoms with Crippen molar-refractivity contribution >= 4 is 29.1 Å². The summed E-state index contributed by atoms with van der Waals surface area (Å²) in [7, 11) is 1.33. The molecule has 0 bridgehead atoms. The Morgan fingerprint density at radius 1 is 1.32 bits per heavy atom. The average molecular weight is 387 g/mol. The maximum absolute atomic E-state index is 13.8. The molecule has 3 N–H and O–H groups in total. The predicted molar refractivity (Wildman–Crippen MR) is 80.5 cm³/mol. The van der Waals surface area contributed by atoms with E-state index in [9.17, 15) is 27.2 Å². The Morgan fingerprint density at radius 2 is 1.96 bits per heavy atom. The molecule has 25 heavy (non-hydrogen) atoms. The van der Waals surface area contributed by atoms with Crippen LogP contribution in [0.15, 0.2) is 12.1 Å². The van der Waals surface area contributed by atoms with E-state index in [2.05, 4.69) is 4.74 Å². The van der Waals surface area contributed by atoms with Gasteiger partial charge in [0.05, 0.1) is 16.6 Å². The first kappa shape index (κ1) is 21.0. The summed E-state index contributed by atoms with van der Waals surface area (Å²) < 4.78 is 61.9. The molecule has 6 nitrogen and oxygen atoms in total. The van der Waals surface area contributed by atoms with Crippen molar-refractivity contribution in [2.45, 2.75) is 19.0 Å². The van der Waals surface area contributed by atoms with Crippen molar-refractivity contribution in [1.82, 2.24) is 0 Å². The number of ether oxygens (including phenoxy) is 2. The van der Waals surface area contributed by atoms with Crippen LogP contribution < -0.4 is 15.8 Å². The number of carbonyl (C=O) groups is 2. The predicted octanol–water partition coefficient (Wildman–Crippen LogP) is 2.84. The number of alkyl halides is 3. The minimum atomic E-state index is -4.81. The average Bonchev–Trinajstić information content (AvgIpc) is 2.46. The van der Waals surface area contributed by atoms with Gasteiger partial charge in [0.2, 0.25) is 11.8 Å². The number of halogens is 5. The molecule has 0 saturated carbocycles. The van der Waals surface area contributed by atoms with Crippen LogP contribution in [0.1, 0.15) is 12.8 Å². The first-order valence-corrected chi connectivity index (χ1v) is 7.18. The van der Waals surface area contributed by atoms with Gasteiger partial charge in [-0.2, -0.15) is 13.2 Å². The second kappa shape index (κ2) is 8.86. The normalized spacial score (nSPS) is 12.6. The van der Waals surface area contributed by atoms with Gasteiger partial charge in [0.1, 0.15) is 11.6 Å². The lowest BCUT2D eigenvalue weighted by Gasteiger charge is -2.18. The monoisotopic (exact) mass is 386 g/mol. The summed E-state index contributed by atoms with van der Waals surface area (Å²) in [6.07, 6.45) is -6.96. The number of hydrogen-bond acceptors (Lipinski definition) is 4. The Labute approximate surface area is 145 Å². The van der Waals surface area contributed by atoms with Gasteiger partial charge in [-0.15, -0.1) is 0 Å². The van der Waals surface area contributed by atoms with Gasteiger partial charge in [-0.1, -0.05) is 11.6 Å². The van der Waals surface area contributed by atoms with Crippen LogP contribution in [0.2, 0.25) is 5.02 Å². The number of carbonyl (C=O) groups excluding carboxylic acids is 2. The summed E-state index contributed by atoms with van der Waals surface area (Å²) in [6.45, 7) is -0.215. The lowest BCUT2D eigenvalue weighted by Crippen LogP contribution is -2.32. The number of anilines is 1. The third-order valence-electron chi connectivity index (χ3n) is 2.97. The number of primary amides is 1. The number of hydrogen-bond donors (Lipinski definition) is 2. The van der Waals surface area contributed by atoms with E-state index in [-0.39, 0.29) is 17.6 Å². The molecular weight excluding hydrogens is 372 g/mol. The largest absolute Gasteiger partial charge is 0.466 e. The SMILES string of the molecule is COCOc1cc(NC(=O)CC(CC(N)=O)C(F)(F)F)c(F)cc1Cl. The number of rotatable bonds is 8. The fourth-order valence-electron chi connectivity index (χ4n) is 1.83. The van der Waals surface area contributed by atoms with E-state index in [1.54, 1.807) is 0 Å². The molecule has 1 atom stereocenters. The fourth-order valence-corrected chi connectivity index (χ4v) is 2.03. The number of benzene rings is 1. The van der Waals surface area contributed by atoms with Crippen molar-refractivity contribution in [1.29, 1.82) is 0 Å². The van der Waals surface area contributed by atoms with Crippen molar-refractivity contribution in [3.8, 4) is 5.75 Å². The number of nitrogens with one attached hydrogen (secondary N) is 1. The van der Waals surface area contributed by atoms with Gasteiger partial charge in [0, 0.05) is 26.0 Å². The van der Waals surface area contributed by atoms with Gasteiger partial charge in [-0.05, 0) is 6.07 Å². The number of amides is 2. The van der Waals surface area contributed by atoms with Crippen LogP contribution in [0.3, 0.4) is 0 Å². The summed E-state index contributed by atoms with van der Waals surface area (Å²) in [5.74, 6) is -5.64. The lowest BCUT2D eigenvalue weighted by atomic mass is 10.00. The van der Waals surface area contributed by atoms with Crippen LogP contribution in [0.5, 0.6) is 5.75 Å². The minimum Gasteiger partial charge on any atom is -0.466 e. The zero-order chi connectivity index (χ0) is 19.2. The molecule has 0 radical (unpaired) electrons. The van der Waals surface area contributed by atoms with E-state index in [1.165, 1.54) is 7.11 Å². The van der Waals surface area contributed by atoms with Crippen LogP contribution in [0.25, 0.3) is 0 Å². The molecule has 0 spiro atoms. The summed E-state index contributed by atoms with van der Waals surface area (Å²) >= 11 is 5.74. The first-order chi connectivity index (χ1) is 11.5. The zero-order valence-corrected chi connectivity index (χ0v) is 13.7. The molecule has 2 amide bonds. The van der Waals surface area contributed by atoms with Crippen molar-refractivity contribution in [2.75, 3.05) is 19.2 Å². The van der Waals surface area contributed by atoms with Gasteiger partial charge < -0.3 is 20.5 Å². The van der Waals surface area contributed by atoms with Crippen LogP contribution in [0.4, 0.5) is 23.2 Å². The van der Waals surface area contributed by atoms with E-state index in [1.807, 2.05) is 5.32 Å². The van der Waals surface area contributed by atoms with Crippen molar-refractivity contribution in [2.24, 2.45) is 11.7 Å². The fraction of sp³-hybridized carbons (Fsp3) is 0.429. The third kappa shape index (κ3) is 6.75. The molecule has 0 saturated heterocycles. The second-order valence-electron chi connectivity index (χ2n) is 4.97. The Bertz CT molecular complexity index is 640. The standard InChI is InChI=1S/C14H15ClF4N2O4/c1-24-6-25-11-5-10(9(16)4-8(11)15)21-13(23)3-7(2-12(20)22)14(17,18)19/h4-5,7H,2-3,6H2,1H3,(H2,20,22)(H,21,23). The number of methoxy groups -OCH3 is 1. The maximum Gasteiger partial charge on any atom is 0.392 e. The highest BCUT2D eigenvalue weighted by molar-refractivity contribution is 6.32. The highest BCUT2D eigenvalue weighted by Gasteiger charge is 2.41. The number of nitrogens with two attached hydrogens (primary N) is 1. The van der Waals surface area contributed by atoms with Crippen LogP contribution in [-0.4, -0.2) is 31.9 Å². The van der Waals surface area contributed by atoms with Gasteiger partial charge >= 0.3 is 6.18 Å². The molecule has 0 aromatic heterocycles. The van der Waals surface area contributed by atoms with E-state index in [4.69, 9.17) is 22.1 Å². The Morgan fingerprint density at radius 3 is 2.48 bits per heavy atom. The minimum absolute atomic E-state index is 0.0373. The molecule has 1 aromatic carbocycles. The van der Waals surface area contributed by atoms with E-state index in [0.717, 1.165) is 12.1 Å². The highest BCUT2D eigenvalue weighted by Crippen LogP contribution is 2.33. The van der Waals surface area contributed by atoms with Gasteiger partial charge in [0.15, 0.2) is 6.79 Å². The third-order valence-corrected chi connectivity index (χ3v) is 3.27. The molecule has 0 aliphatic rings. The van der Waals surface area contributed by atoms with Crippen molar-refractivity contribution in [3.05, 3.63) is 23.0 Å². The summed E-state index contributed by atoms with van der Waals surface area (Å²) in [5, 5.41) is 1.87. The van der Waals surface area contributed by atoms with Gasteiger partial charge in [-0.3, -0.25) is 9.59 Å². The molecule has 1 aromatic rings. The first-order valence-electron chi connectivity index (χ1n) is 6.80. The Hall–Kier alpha value is -2.07. The van der Waals surface area contributed by atoms with Gasteiger partial charge in [-0.25, -0.2) is 4.39 Å². The molecule has 140 valence electrons. The summed E-state index contributed by atoms with van der Waals surface area (Å²) in [6, 6.07) is 1.83. The van der Waals surface area contributed by atoms with Crippen LogP contribution in [0, 0.1) is 11.7 Å². The molecular formula is C14H15ClF4N2O4. The lowest BCUT2D eigenvalue weighted by molar-refractivity contribution is -0.181. The van der Waals surface area contributed by atoms with E-state index < -0.39 is 48.3 Å². The van der Waals surface area contributed by atoms with Crippen LogP contribution >= 0.6 is 11.6 Å². The highest BCUT2D eigenvalue weighted by atomic mass is 35.5. The molecule has 0 aliphatic heterocycles. The smallest absolute Gasteiger partial charge is 0.392 e. The molecule has 11 heteroatoms. The van der Waals surface area contributed by atoms with E-state index >= 15 is 0 Å². The molecule has 0 fully saturated rings. The van der Waals surface area contributed by atoms with Crippen LogP contribution in [-0.2, 0) is 14.3 Å². The molecule has 1 rings (SSSR count). The summed E-state index contributed by atoms with van der Waals surface area (Å²) in [5.41, 5.74) is 4.32. The molecule has 1 unspecified atom stereocenters. The molecule has 0 heterocycles. The summed E-state index contributed by atoms with van der Waals surface area (Å²) in [4.78, 5) is 22.5. The van der Waals surface area contributed by atoms with E-state index in [0.29, 0.717) is 0 Å².